The van der Waals surface area contributed by atoms with Crippen LogP contribution < -0.4 is 10.1 Å². The number of aryl methyl sites for hydroxylation is 2. The third-order valence-electron chi connectivity index (χ3n) is 3.19. The van der Waals surface area contributed by atoms with Crippen LogP contribution in [0.1, 0.15) is 21.1 Å². The summed E-state index contributed by atoms with van der Waals surface area (Å²) in [7, 11) is 1.65. The van der Waals surface area contributed by atoms with Crippen molar-refractivity contribution in [1.82, 2.24) is 10.3 Å². The third-order valence-corrected chi connectivity index (χ3v) is 4.26. The highest BCUT2D eigenvalue weighted by Crippen LogP contribution is 2.17. The molecule has 1 heterocycles. The van der Waals surface area contributed by atoms with E-state index in [1.165, 1.54) is 0 Å². The largest absolute Gasteiger partial charge is 0.497 e. The molecule has 1 N–H and O–H groups in total. The topological polar surface area (TPSA) is 51.2 Å². The zero-order valence-corrected chi connectivity index (χ0v) is 13.4. The molecule has 2 aromatic rings. The Labute approximate surface area is 129 Å². The summed E-state index contributed by atoms with van der Waals surface area (Å²) in [6.07, 6.45) is 1.21. The summed E-state index contributed by atoms with van der Waals surface area (Å²) >= 11 is 1.59. The number of rotatable bonds is 6. The second kappa shape index (κ2) is 7.22. The van der Waals surface area contributed by atoms with Gasteiger partial charge in [-0.1, -0.05) is 12.1 Å². The standard InChI is InChI=1S/C16H20N2O2S/c1-11-15(21-12(2)18-11)10-16(19)17-8-7-13-5-4-6-14(9-13)20-3/h4-6,9H,7-8,10H2,1-3H3,(H,17,19). The quantitative estimate of drug-likeness (QED) is 0.892. The number of hydrogen-bond donors (Lipinski definition) is 1. The van der Waals surface area contributed by atoms with E-state index in [9.17, 15) is 4.79 Å². The Balaban J connectivity index is 1.80. The predicted octanol–water partition coefficient (Wildman–Crippen LogP) is 2.67. The minimum absolute atomic E-state index is 0.0460. The molecule has 0 saturated carbocycles. The van der Waals surface area contributed by atoms with Crippen LogP contribution in [0.3, 0.4) is 0 Å². The molecule has 0 aliphatic rings. The van der Waals surface area contributed by atoms with Gasteiger partial charge in [0.15, 0.2) is 0 Å². The van der Waals surface area contributed by atoms with Crippen molar-refractivity contribution in [2.45, 2.75) is 26.7 Å². The molecular weight excluding hydrogens is 284 g/mol. The fourth-order valence-electron chi connectivity index (χ4n) is 2.12. The van der Waals surface area contributed by atoms with E-state index < -0.39 is 0 Å². The van der Waals surface area contributed by atoms with Crippen LogP contribution in [0.5, 0.6) is 5.75 Å². The van der Waals surface area contributed by atoms with Crippen LogP contribution in [0.4, 0.5) is 0 Å². The van der Waals surface area contributed by atoms with Crippen molar-refractivity contribution in [2.24, 2.45) is 0 Å². The van der Waals surface area contributed by atoms with Crippen LogP contribution in [-0.2, 0) is 17.6 Å². The molecule has 5 heteroatoms. The molecule has 0 fully saturated rings. The number of nitrogens with one attached hydrogen (secondary N) is 1. The van der Waals surface area contributed by atoms with Crippen LogP contribution >= 0.6 is 11.3 Å². The van der Waals surface area contributed by atoms with Gasteiger partial charge in [-0.2, -0.15) is 0 Å². The molecular formula is C16H20N2O2S. The van der Waals surface area contributed by atoms with Crippen molar-refractivity contribution in [1.29, 1.82) is 0 Å². The maximum atomic E-state index is 11.9. The summed E-state index contributed by atoms with van der Waals surface area (Å²) in [4.78, 5) is 17.3. The molecule has 21 heavy (non-hydrogen) atoms. The lowest BCUT2D eigenvalue weighted by molar-refractivity contribution is -0.120. The van der Waals surface area contributed by atoms with Crippen molar-refractivity contribution in [3.63, 3.8) is 0 Å². The first-order valence-corrected chi connectivity index (χ1v) is 7.72. The zero-order valence-electron chi connectivity index (χ0n) is 12.6. The highest BCUT2D eigenvalue weighted by Gasteiger charge is 2.09. The molecule has 0 atom stereocenters. The summed E-state index contributed by atoms with van der Waals surface area (Å²) < 4.78 is 5.18. The number of hydrogen-bond acceptors (Lipinski definition) is 4. The number of benzene rings is 1. The highest BCUT2D eigenvalue weighted by atomic mass is 32.1. The molecule has 1 amide bonds. The van der Waals surface area contributed by atoms with Gasteiger partial charge in [0.2, 0.25) is 5.91 Å². The highest BCUT2D eigenvalue weighted by molar-refractivity contribution is 7.11. The van der Waals surface area contributed by atoms with Gasteiger partial charge in [-0.25, -0.2) is 4.98 Å². The van der Waals surface area contributed by atoms with Gasteiger partial charge in [0.1, 0.15) is 5.75 Å². The number of aromatic nitrogens is 1. The summed E-state index contributed by atoms with van der Waals surface area (Å²) in [5, 5.41) is 3.96. The molecule has 1 aromatic heterocycles. The fourth-order valence-corrected chi connectivity index (χ4v) is 3.06. The Morgan fingerprint density at radius 1 is 1.38 bits per heavy atom. The van der Waals surface area contributed by atoms with Crippen LogP contribution in [0.2, 0.25) is 0 Å². The Morgan fingerprint density at radius 3 is 2.86 bits per heavy atom. The van der Waals surface area contributed by atoms with Crippen LogP contribution in [0.15, 0.2) is 24.3 Å². The van der Waals surface area contributed by atoms with Crippen molar-refractivity contribution in [2.75, 3.05) is 13.7 Å². The van der Waals surface area contributed by atoms with Crippen molar-refractivity contribution < 1.29 is 9.53 Å². The Kier molecular flexibility index (Phi) is 5.33. The number of ether oxygens (including phenoxy) is 1. The molecule has 0 unspecified atom stereocenters. The molecule has 0 aliphatic heterocycles. The van der Waals surface area contributed by atoms with Gasteiger partial charge < -0.3 is 10.1 Å². The zero-order chi connectivity index (χ0) is 15.2. The maximum absolute atomic E-state index is 11.9. The van der Waals surface area contributed by atoms with E-state index in [0.717, 1.165) is 33.3 Å². The van der Waals surface area contributed by atoms with Crippen molar-refractivity contribution in [3.8, 4) is 5.75 Å². The molecule has 4 nitrogen and oxygen atoms in total. The van der Waals surface area contributed by atoms with E-state index in [0.29, 0.717) is 13.0 Å². The minimum atomic E-state index is 0.0460. The number of carbonyl (C=O) groups excluding carboxylic acids is 1. The Bertz CT molecular complexity index is 622. The van der Waals surface area contributed by atoms with Crippen LogP contribution in [0.25, 0.3) is 0 Å². The van der Waals surface area contributed by atoms with Gasteiger partial charge >= 0.3 is 0 Å². The lowest BCUT2D eigenvalue weighted by Gasteiger charge is -2.06. The Morgan fingerprint density at radius 2 is 2.19 bits per heavy atom. The third kappa shape index (κ3) is 4.56. The molecule has 0 bridgehead atoms. The van der Waals surface area contributed by atoms with Gasteiger partial charge in [-0.15, -0.1) is 11.3 Å². The summed E-state index contributed by atoms with van der Waals surface area (Å²) in [6.45, 7) is 4.53. The second-order valence-corrected chi connectivity index (χ2v) is 6.16. The molecule has 0 saturated heterocycles. The number of methoxy groups -OCH3 is 1. The van der Waals surface area contributed by atoms with E-state index in [1.807, 2.05) is 38.1 Å². The molecule has 0 spiro atoms. The van der Waals surface area contributed by atoms with E-state index in [4.69, 9.17) is 4.74 Å². The average molecular weight is 304 g/mol. The van der Waals surface area contributed by atoms with Gasteiger partial charge in [-0.3, -0.25) is 4.79 Å². The second-order valence-electron chi connectivity index (χ2n) is 4.87. The number of carbonyl (C=O) groups is 1. The number of nitrogens with zero attached hydrogens (tertiary/aromatic N) is 1. The Hall–Kier alpha value is -1.88. The lowest BCUT2D eigenvalue weighted by atomic mass is 10.1. The minimum Gasteiger partial charge on any atom is -0.497 e. The van der Waals surface area contributed by atoms with Crippen LogP contribution in [-0.4, -0.2) is 24.5 Å². The van der Waals surface area contributed by atoms with Gasteiger partial charge in [0, 0.05) is 11.4 Å². The van der Waals surface area contributed by atoms with Gasteiger partial charge in [0.25, 0.3) is 0 Å². The summed E-state index contributed by atoms with van der Waals surface area (Å²) in [5.41, 5.74) is 2.11. The number of amides is 1. The maximum Gasteiger partial charge on any atom is 0.225 e. The van der Waals surface area contributed by atoms with Crippen molar-refractivity contribution >= 4 is 17.2 Å². The van der Waals surface area contributed by atoms with Gasteiger partial charge in [0.05, 0.1) is 24.2 Å². The number of thiazole rings is 1. The molecule has 112 valence electrons. The molecule has 2 rings (SSSR count). The fraction of sp³-hybridized carbons (Fsp3) is 0.375. The van der Waals surface area contributed by atoms with E-state index in [-0.39, 0.29) is 5.91 Å². The van der Waals surface area contributed by atoms with Gasteiger partial charge in [-0.05, 0) is 38.0 Å². The first kappa shape index (κ1) is 15.5. The predicted molar refractivity (Wildman–Crippen MR) is 85.0 cm³/mol. The first-order valence-electron chi connectivity index (χ1n) is 6.91. The first-order chi connectivity index (χ1) is 10.1. The lowest BCUT2D eigenvalue weighted by Crippen LogP contribution is -2.27. The van der Waals surface area contributed by atoms with Crippen molar-refractivity contribution in [3.05, 3.63) is 45.4 Å². The average Bonchev–Trinajstić information content (AvgIpc) is 2.77. The summed E-state index contributed by atoms with van der Waals surface area (Å²) in [5.74, 6) is 0.888. The van der Waals surface area contributed by atoms with E-state index in [1.54, 1.807) is 18.4 Å². The molecule has 0 radical (unpaired) electrons. The normalized spacial score (nSPS) is 10.4. The SMILES string of the molecule is COc1cccc(CCNC(=O)Cc2sc(C)nc2C)c1. The molecule has 1 aromatic carbocycles. The smallest absolute Gasteiger partial charge is 0.225 e. The van der Waals surface area contributed by atoms with Crippen LogP contribution in [0, 0.1) is 13.8 Å². The van der Waals surface area contributed by atoms with E-state index in [2.05, 4.69) is 10.3 Å². The summed E-state index contributed by atoms with van der Waals surface area (Å²) in [6, 6.07) is 7.89. The monoisotopic (exact) mass is 304 g/mol. The molecule has 0 aliphatic carbocycles. The van der Waals surface area contributed by atoms with E-state index >= 15 is 0 Å².